The molecular formula is C24H23BO4S. The molecule has 0 N–H and O–H groups in total. The van der Waals surface area contributed by atoms with E-state index < -0.39 is 28.2 Å². The highest BCUT2D eigenvalue weighted by atomic mass is 32.2. The van der Waals surface area contributed by atoms with Crippen LogP contribution in [0.4, 0.5) is 0 Å². The molecule has 1 fully saturated rings. The third kappa shape index (κ3) is 2.78. The zero-order valence-electron chi connectivity index (χ0n) is 17.5. The van der Waals surface area contributed by atoms with Crippen molar-refractivity contribution >= 4 is 22.4 Å². The Bertz CT molecular complexity index is 1250. The average molecular weight is 418 g/mol. The molecule has 0 amide bonds. The van der Waals surface area contributed by atoms with Gasteiger partial charge in [0.15, 0.2) is 0 Å². The number of hydrogen-bond donors (Lipinski definition) is 0. The van der Waals surface area contributed by atoms with Gasteiger partial charge in [0.25, 0.3) is 0 Å². The van der Waals surface area contributed by atoms with Gasteiger partial charge in [-0.05, 0) is 62.5 Å². The lowest BCUT2D eigenvalue weighted by Gasteiger charge is -2.32. The van der Waals surface area contributed by atoms with Gasteiger partial charge in [0.1, 0.15) is 0 Å². The second-order valence-corrected chi connectivity index (χ2v) is 10.8. The maximum absolute atomic E-state index is 13.1. The fourth-order valence-corrected chi connectivity index (χ4v) is 5.67. The van der Waals surface area contributed by atoms with Gasteiger partial charge in [-0.2, -0.15) is 0 Å². The number of sulfone groups is 1. The molecule has 2 aliphatic rings. The minimum absolute atomic E-state index is 0.336. The predicted octanol–water partition coefficient (Wildman–Crippen LogP) is 4.47. The van der Waals surface area contributed by atoms with Crippen LogP contribution >= 0.6 is 0 Å². The molecule has 0 unspecified atom stereocenters. The Morgan fingerprint density at radius 3 is 1.90 bits per heavy atom. The number of hydrogen-bond acceptors (Lipinski definition) is 4. The molecule has 3 aromatic rings. The van der Waals surface area contributed by atoms with E-state index >= 15 is 0 Å². The van der Waals surface area contributed by atoms with Crippen LogP contribution in [0.25, 0.3) is 22.3 Å². The fraction of sp³-hybridized carbons (Fsp3) is 0.250. The van der Waals surface area contributed by atoms with Crippen LogP contribution in [-0.4, -0.2) is 26.7 Å². The van der Waals surface area contributed by atoms with E-state index in [-0.39, 0.29) is 0 Å². The first kappa shape index (κ1) is 19.6. The number of rotatable bonds is 2. The Balaban J connectivity index is 1.63. The summed E-state index contributed by atoms with van der Waals surface area (Å²) in [7, 11) is -4.07. The van der Waals surface area contributed by atoms with Crippen LogP contribution in [0.15, 0.2) is 76.5 Å². The van der Waals surface area contributed by atoms with Gasteiger partial charge >= 0.3 is 7.12 Å². The highest BCUT2D eigenvalue weighted by molar-refractivity contribution is 7.92. The molecule has 0 bridgehead atoms. The van der Waals surface area contributed by atoms with Crippen LogP contribution < -0.4 is 5.46 Å². The molecule has 2 aliphatic heterocycles. The van der Waals surface area contributed by atoms with E-state index in [1.165, 1.54) is 0 Å². The molecule has 6 heteroatoms. The van der Waals surface area contributed by atoms with Crippen molar-refractivity contribution in [1.82, 2.24) is 0 Å². The summed E-state index contributed by atoms with van der Waals surface area (Å²) in [4.78, 5) is 0.686. The lowest BCUT2D eigenvalue weighted by molar-refractivity contribution is 0.00578. The lowest BCUT2D eigenvalue weighted by atomic mass is 9.78. The number of benzene rings is 3. The monoisotopic (exact) mass is 418 g/mol. The molecule has 0 radical (unpaired) electrons. The highest BCUT2D eigenvalue weighted by Gasteiger charge is 2.52. The largest absolute Gasteiger partial charge is 0.494 e. The normalized spacial score (nSPS) is 20.1. The molecule has 0 aliphatic carbocycles. The van der Waals surface area contributed by atoms with Crippen molar-refractivity contribution < 1.29 is 17.7 Å². The maximum atomic E-state index is 13.1. The third-order valence-electron chi connectivity index (χ3n) is 6.48. The van der Waals surface area contributed by atoms with E-state index in [2.05, 4.69) is 0 Å². The minimum atomic E-state index is -3.53. The van der Waals surface area contributed by atoms with Crippen LogP contribution in [-0.2, 0) is 19.1 Å². The van der Waals surface area contributed by atoms with Crippen LogP contribution in [0.5, 0.6) is 0 Å². The summed E-state index contributed by atoms with van der Waals surface area (Å²) in [6.07, 6.45) is 0. The summed E-state index contributed by atoms with van der Waals surface area (Å²) in [6.45, 7) is 8.02. The van der Waals surface area contributed by atoms with Crippen LogP contribution in [0.1, 0.15) is 27.7 Å². The molecular weight excluding hydrogens is 395 g/mol. The smallest absolute Gasteiger partial charge is 0.399 e. The summed E-state index contributed by atoms with van der Waals surface area (Å²) in [5, 5.41) is 0. The number of fused-ring (bicyclic) bond motifs is 3. The highest BCUT2D eigenvalue weighted by Crippen LogP contribution is 2.45. The summed E-state index contributed by atoms with van der Waals surface area (Å²) >= 11 is 0. The van der Waals surface area contributed by atoms with Gasteiger partial charge in [0.05, 0.1) is 21.0 Å². The molecule has 1 saturated heterocycles. The molecule has 0 spiro atoms. The molecule has 4 nitrogen and oxygen atoms in total. The molecule has 0 saturated carbocycles. The van der Waals surface area contributed by atoms with Crippen molar-refractivity contribution in [3.05, 3.63) is 66.7 Å². The third-order valence-corrected chi connectivity index (χ3v) is 8.35. The van der Waals surface area contributed by atoms with Crippen molar-refractivity contribution in [1.29, 1.82) is 0 Å². The first-order valence-corrected chi connectivity index (χ1v) is 11.5. The Morgan fingerprint density at radius 1 is 0.700 bits per heavy atom. The minimum Gasteiger partial charge on any atom is -0.399 e. The summed E-state index contributed by atoms with van der Waals surface area (Å²) < 4.78 is 38.5. The quantitative estimate of drug-likeness (QED) is 0.451. The first-order chi connectivity index (χ1) is 14.1. The SMILES string of the molecule is CC1(C)OB(c2ccc3c(c2)-c2cc(-c4ccccc4)ccc2S3(=O)=O)OC1(C)C. The summed E-state index contributed by atoms with van der Waals surface area (Å²) in [5.74, 6) is 0. The van der Waals surface area contributed by atoms with Gasteiger partial charge in [0, 0.05) is 11.1 Å². The van der Waals surface area contributed by atoms with E-state index in [1.54, 1.807) is 18.2 Å². The molecule has 3 aromatic carbocycles. The second-order valence-electron chi connectivity index (χ2n) is 8.92. The van der Waals surface area contributed by atoms with Crippen LogP contribution in [0.2, 0.25) is 0 Å². The maximum Gasteiger partial charge on any atom is 0.494 e. The molecule has 2 heterocycles. The summed E-state index contributed by atoms with van der Waals surface area (Å²) in [6, 6.07) is 20.9. The zero-order valence-corrected chi connectivity index (χ0v) is 18.3. The summed E-state index contributed by atoms with van der Waals surface area (Å²) in [5.41, 5.74) is 3.37. The van der Waals surface area contributed by atoms with Gasteiger partial charge in [-0.15, -0.1) is 0 Å². The van der Waals surface area contributed by atoms with Crippen molar-refractivity contribution in [2.24, 2.45) is 0 Å². The lowest BCUT2D eigenvalue weighted by Crippen LogP contribution is -2.41. The van der Waals surface area contributed by atoms with Gasteiger partial charge < -0.3 is 9.31 Å². The Morgan fingerprint density at radius 2 is 1.27 bits per heavy atom. The molecule has 30 heavy (non-hydrogen) atoms. The van der Waals surface area contributed by atoms with Crippen molar-refractivity contribution in [2.75, 3.05) is 0 Å². The average Bonchev–Trinajstić information content (AvgIpc) is 3.08. The van der Waals surface area contributed by atoms with Crippen LogP contribution in [0, 0.1) is 0 Å². The first-order valence-electron chi connectivity index (χ1n) is 10.0. The molecule has 5 rings (SSSR count). The van der Waals surface area contributed by atoms with Crippen LogP contribution in [0.3, 0.4) is 0 Å². The van der Waals surface area contributed by atoms with E-state index in [1.807, 2.05) is 76.2 Å². The molecule has 152 valence electrons. The van der Waals surface area contributed by atoms with Crippen molar-refractivity contribution in [3.63, 3.8) is 0 Å². The standard InChI is InChI=1S/C24H23BO4S/c1-23(2)24(3,4)29-25(28-23)18-11-13-22-20(15-18)19-14-17(16-8-6-5-7-9-16)10-12-21(19)30(22,26)27/h5-15H,1-4H3. The Hall–Kier alpha value is -2.41. The van der Waals surface area contributed by atoms with E-state index in [9.17, 15) is 8.42 Å². The van der Waals surface area contributed by atoms with Gasteiger partial charge in [-0.1, -0.05) is 48.5 Å². The zero-order chi connectivity index (χ0) is 21.3. The Kier molecular flexibility index (Phi) is 4.10. The predicted molar refractivity (Wildman–Crippen MR) is 118 cm³/mol. The second kappa shape index (κ2) is 6.30. The van der Waals surface area contributed by atoms with Gasteiger partial charge in [-0.3, -0.25) is 0 Å². The molecule has 0 aromatic heterocycles. The van der Waals surface area contributed by atoms with Crippen molar-refractivity contribution in [2.45, 2.75) is 48.7 Å². The van der Waals surface area contributed by atoms with Gasteiger partial charge in [-0.25, -0.2) is 8.42 Å². The molecule has 0 atom stereocenters. The van der Waals surface area contributed by atoms with E-state index in [4.69, 9.17) is 9.31 Å². The van der Waals surface area contributed by atoms with E-state index in [0.29, 0.717) is 15.4 Å². The van der Waals surface area contributed by atoms with Gasteiger partial charge in [0.2, 0.25) is 9.84 Å². The topological polar surface area (TPSA) is 52.6 Å². The van der Waals surface area contributed by atoms with Crippen molar-refractivity contribution in [3.8, 4) is 22.3 Å². The fourth-order valence-electron chi connectivity index (χ4n) is 4.02. The Labute approximate surface area is 177 Å². The van der Waals surface area contributed by atoms with E-state index in [0.717, 1.165) is 22.2 Å².